The quantitative estimate of drug-likeness (QED) is 0.112. The van der Waals surface area contributed by atoms with E-state index in [1.807, 2.05) is 36.9 Å². The third kappa shape index (κ3) is 6.18. The van der Waals surface area contributed by atoms with Crippen LogP contribution < -0.4 is 0 Å². The predicted octanol–water partition coefficient (Wildman–Crippen LogP) is 13.2. The average Bonchev–Trinajstić information content (AvgIpc) is 3.86. The van der Waals surface area contributed by atoms with Gasteiger partial charge in [-0.1, -0.05) is 140 Å². The normalized spacial score (nSPS) is 13.4. The van der Waals surface area contributed by atoms with Crippen LogP contribution >= 0.6 is 0 Å². The van der Waals surface area contributed by atoms with E-state index in [0.717, 1.165) is 55.9 Å². The predicted molar refractivity (Wildman–Crippen MR) is 256 cm³/mol. The van der Waals surface area contributed by atoms with Gasteiger partial charge >= 0.3 is 21.1 Å². The zero-order chi connectivity index (χ0) is 42.5. The molecule has 0 saturated heterocycles. The molecular weight excluding hydrogens is 970 g/mol. The van der Waals surface area contributed by atoms with Gasteiger partial charge in [-0.05, 0) is 97.6 Å². The summed E-state index contributed by atoms with van der Waals surface area (Å²) in [5, 5.41) is 0. The Morgan fingerprint density at radius 2 is 0.708 bits per heavy atom. The topological polar surface area (TPSA) is 38.7 Å². The fourth-order valence-electron chi connectivity index (χ4n) is 10.7. The van der Waals surface area contributed by atoms with Crippen molar-refractivity contribution in [1.82, 2.24) is 15.0 Å². The van der Waals surface area contributed by atoms with Gasteiger partial charge in [0, 0.05) is 24.8 Å². The van der Waals surface area contributed by atoms with Crippen LogP contribution in [0.4, 0.5) is 0 Å². The van der Waals surface area contributed by atoms with Crippen molar-refractivity contribution in [3.05, 3.63) is 316 Å². The first kappa shape index (κ1) is 40.2. The number of pyridine rings is 3. The minimum absolute atomic E-state index is 0. The molecule has 0 fully saturated rings. The van der Waals surface area contributed by atoms with Crippen LogP contribution in [-0.2, 0) is 31.9 Å². The summed E-state index contributed by atoms with van der Waals surface area (Å²) in [7, 11) is 0. The summed E-state index contributed by atoms with van der Waals surface area (Å²) in [6.07, 6.45) is 7.57. The number of fused-ring (bicyclic) bond motifs is 6. The van der Waals surface area contributed by atoms with Crippen LogP contribution in [0.3, 0.4) is 0 Å². The third-order valence-electron chi connectivity index (χ3n) is 13.2. The van der Waals surface area contributed by atoms with Crippen LogP contribution in [0.1, 0.15) is 67.0 Å². The van der Waals surface area contributed by atoms with E-state index in [4.69, 9.17) is 9.97 Å². The van der Waals surface area contributed by atoms with E-state index in [9.17, 15) is 0 Å². The van der Waals surface area contributed by atoms with Crippen molar-refractivity contribution in [3.8, 4) is 22.3 Å². The molecule has 3 aromatic heterocycles. The average molecular weight is 1010 g/mol. The van der Waals surface area contributed by atoms with E-state index >= 15 is 0 Å². The largest absolute Gasteiger partial charge is 2.00 e. The van der Waals surface area contributed by atoms with Crippen molar-refractivity contribution < 1.29 is 21.1 Å². The fourth-order valence-corrected chi connectivity index (χ4v) is 10.7. The minimum atomic E-state index is -0.731. The summed E-state index contributed by atoms with van der Waals surface area (Å²) >= 11 is 0. The number of rotatable bonds is 8. The second kappa shape index (κ2) is 16.5. The van der Waals surface area contributed by atoms with Gasteiger partial charge in [0.05, 0.1) is 22.2 Å². The molecule has 308 valence electrons. The smallest absolute Gasteiger partial charge is 0.265 e. The van der Waals surface area contributed by atoms with Gasteiger partial charge < -0.3 is 0 Å². The first-order valence-corrected chi connectivity index (χ1v) is 21.8. The summed E-state index contributed by atoms with van der Waals surface area (Å²) in [6.45, 7) is 0. The number of hydrogen-bond acceptors (Lipinski definition) is 3. The van der Waals surface area contributed by atoms with Gasteiger partial charge in [-0.25, -0.2) is 0 Å². The summed E-state index contributed by atoms with van der Waals surface area (Å²) < 4.78 is 0. The van der Waals surface area contributed by atoms with Crippen molar-refractivity contribution >= 4 is 11.1 Å². The van der Waals surface area contributed by atoms with E-state index in [0.29, 0.717) is 0 Å². The second-order valence-corrected chi connectivity index (χ2v) is 16.4. The molecule has 12 rings (SSSR count). The van der Waals surface area contributed by atoms with Crippen LogP contribution in [0.25, 0.3) is 33.4 Å². The molecular formula is C61H39N3Pt. The molecule has 65 heavy (non-hydrogen) atoms. The molecule has 0 N–H and O–H groups in total. The molecule has 10 aromatic rings. The van der Waals surface area contributed by atoms with E-state index < -0.39 is 10.8 Å². The maximum atomic E-state index is 5.15. The molecule has 2 aliphatic carbocycles. The van der Waals surface area contributed by atoms with E-state index in [-0.39, 0.29) is 21.1 Å². The molecule has 0 unspecified atom stereocenters. The SMILES string of the molecule is [Pt+2].[c-]1c(C(=C(c2ccccc2)c2ccncc2)c2[c-]c(C3(c4ccccn4)c4ccccc4-c4ccccc43)ccc2)cccc1C1(c2ccccn2)c2ccccc2-c2ccccc21. The van der Waals surface area contributed by atoms with Gasteiger partial charge in [0.2, 0.25) is 0 Å². The van der Waals surface area contributed by atoms with Crippen LogP contribution in [0.5, 0.6) is 0 Å². The van der Waals surface area contributed by atoms with Crippen LogP contribution in [0, 0.1) is 12.1 Å². The number of nitrogens with zero attached hydrogens (tertiary/aromatic N) is 3. The number of aromatic nitrogens is 3. The van der Waals surface area contributed by atoms with Gasteiger partial charge in [-0.3, -0.25) is 15.0 Å². The molecule has 2 aliphatic rings. The van der Waals surface area contributed by atoms with E-state index in [2.05, 4.69) is 217 Å². The Bertz CT molecular complexity index is 3070. The second-order valence-electron chi connectivity index (χ2n) is 16.4. The molecule has 7 aromatic carbocycles. The van der Waals surface area contributed by atoms with Gasteiger partial charge in [0.15, 0.2) is 0 Å². The Kier molecular flexibility index (Phi) is 10.2. The number of benzene rings is 7. The molecule has 3 nitrogen and oxygen atoms in total. The summed E-state index contributed by atoms with van der Waals surface area (Å²) in [6, 6.07) is 84.0. The Labute approximate surface area is 394 Å². The Hall–Kier alpha value is -7.58. The Morgan fingerprint density at radius 1 is 0.323 bits per heavy atom. The molecule has 0 amide bonds. The maximum absolute atomic E-state index is 5.15. The monoisotopic (exact) mass is 1010 g/mol. The van der Waals surface area contributed by atoms with Crippen LogP contribution in [-0.4, -0.2) is 15.0 Å². The zero-order valence-electron chi connectivity index (χ0n) is 35.2. The Morgan fingerprint density at radius 3 is 1.12 bits per heavy atom. The molecule has 3 heterocycles. The standard InChI is InChI=1S/C61H39N3.Pt/c1-2-18-42(19-3-1)58(43-34-38-62-39-35-43)59(44-20-16-22-46(40-44)60(56-32-12-14-36-63-56)52-28-8-4-24-48(52)49-25-5-9-29-53(49)60)45-21-17-23-47(41-45)61(57-33-13-15-37-64-57)54-30-10-6-26-50(54)51-27-7-11-31-55(51)61;/h1-39H;/q-2;+2. The molecule has 4 heteroatoms. The molecule has 0 aliphatic heterocycles. The number of hydrogen-bond donors (Lipinski definition) is 0. The Balaban J connectivity index is 0.00000469. The van der Waals surface area contributed by atoms with Crippen LogP contribution in [0.15, 0.2) is 237 Å². The van der Waals surface area contributed by atoms with Gasteiger partial charge in [-0.2, -0.15) is 0 Å². The maximum Gasteiger partial charge on any atom is 2.00 e. The van der Waals surface area contributed by atoms with Gasteiger partial charge in [-0.15, -0.1) is 76.4 Å². The summed E-state index contributed by atoms with van der Waals surface area (Å²) in [4.78, 5) is 14.8. The van der Waals surface area contributed by atoms with Crippen molar-refractivity contribution in [2.75, 3.05) is 0 Å². The van der Waals surface area contributed by atoms with Crippen molar-refractivity contribution in [2.24, 2.45) is 0 Å². The molecule has 0 atom stereocenters. The van der Waals surface area contributed by atoms with Crippen molar-refractivity contribution in [3.63, 3.8) is 0 Å². The molecule has 0 radical (unpaired) electrons. The van der Waals surface area contributed by atoms with Gasteiger partial charge in [0.25, 0.3) is 0 Å². The first-order chi connectivity index (χ1) is 31.8. The third-order valence-corrected chi connectivity index (χ3v) is 13.2. The molecule has 0 spiro atoms. The fraction of sp³-hybridized carbons (Fsp3) is 0.0328. The minimum Gasteiger partial charge on any atom is -0.265 e. The van der Waals surface area contributed by atoms with Crippen molar-refractivity contribution in [1.29, 1.82) is 0 Å². The van der Waals surface area contributed by atoms with Crippen LogP contribution in [0.2, 0.25) is 0 Å². The van der Waals surface area contributed by atoms with E-state index in [1.54, 1.807) is 0 Å². The van der Waals surface area contributed by atoms with Gasteiger partial charge in [0.1, 0.15) is 0 Å². The zero-order valence-corrected chi connectivity index (χ0v) is 37.4. The van der Waals surface area contributed by atoms with E-state index in [1.165, 1.54) is 44.5 Å². The molecule has 0 saturated carbocycles. The first-order valence-electron chi connectivity index (χ1n) is 21.8. The molecule has 0 bridgehead atoms. The summed E-state index contributed by atoms with van der Waals surface area (Å²) in [5.74, 6) is 0. The van der Waals surface area contributed by atoms with Crippen molar-refractivity contribution in [2.45, 2.75) is 10.8 Å². The summed E-state index contributed by atoms with van der Waals surface area (Å²) in [5.41, 5.74) is 18.1.